The van der Waals surface area contributed by atoms with Crippen LogP contribution in [0, 0.1) is 12.7 Å². The third kappa shape index (κ3) is 2.87. The summed E-state index contributed by atoms with van der Waals surface area (Å²) in [5.41, 5.74) is 0.260. The third-order valence-corrected chi connectivity index (χ3v) is 3.47. The zero-order valence-corrected chi connectivity index (χ0v) is 10.6. The lowest BCUT2D eigenvalue weighted by Crippen LogP contribution is -2.02. The van der Waals surface area contributed by atoms with Gasteiger partial charge in [0.2, 0.25) is 0 Å². The Bertz CT molecular complexity index is 580. The normalized spacial score (nSPS) is 10.3. The monoisotopic (exact) mass is 265 g/mol. The Labute approximate surface area is 108 Å². The Morgan fingerprint density at radius 3 is 2.72 bits per heavy atom. The van der Waals surface area contributed by atoms with Crippen LogP contribution >= 0.6 is 11.3 Å². The van der Waals surface area contributed by atoms with Crippen LogP contribution < -0.4 is 5.32 Å². The Balaban J connectivity index is 2.08. The van der Waals surface area contributed by atoms with Crippen molar-refractivity contribution in [2.24, 2.45) is 0 Å². The van der Waals surface area contributed by atoms with Crippen LogP contribution in [-0.4, -0.2) is 11.1 Å². The first-order valence-electron chi connectivity index (χ1n) is 5.38. The Kier molecular flexibility index (Phi) is 3.62. The molecule has 0 atom stereocenters. The van der Waals surface area contributed by atoms with Crippen LogP contribution in [0.15, 0.2) is 30.3 Å². The fraction of sp³-hybridized carbons (Fsp3) is 0.154. The number of nitrogens with one attached hydrogen (secondary N) is 1. The predicted octanol–water partition coefficient (Wildman–Crippen LogP) is 3.51. The molecule has 0 saturated heterocycles. The van der Waals surface area contributed by atoms with E-state index in [0.717, 1.165) is 10.9 Å². The summed E-state index contributed by atoms with van der Waals surface area (Å²) in [4.78, 5) is 13.0. The van der Waals surface area contributed by atoms with Crippen LogP contribution in [0.1, 0.15) is 20.1 Å². The van der Waals surface area contributed by atoms with Gasteiger partial charge in [0.05, 0.1) is 11.3 Å². The number of carbonyl (C=O) groups is 1. The van der Waals surface area contributed by atoms with Crippen LogP contribution in [0.3, 0.4) is 0 Å². The van der Waals surface area contributed by atoms with E-state index >= 15 is 0 Å². The van der Waals surface area contributed by atoms with Gasteiger partial charge >= 0.3 is 5.97 Å². The van der Waals surface area contributed by atoms with Gasteiger partial charge in [0.15, 0.2) is 0 Å². The largest absolute Gasteiger partial charge is 0.478 e. The van der Waals surface area contributed by atoms with Crippen molar-refractivity contribution in [1.29, 1.82) is 0 Å². The number of rotatable bonds is 4. The van der Waals surface area contributed by atoms with Crippen molar-refractivity contribution < 1.29 is 14.3 Å². The first kappa shape index (κ1) is 12.6. The van der Waals surface area contributed by atoms with Gasteiger partial charge in [0.25, 0.3) is 0 Å². The van der Waals surface area contributed by atoms with Gasteiger partial charge in [-0.05, 0) is 37.3 Å². The summed E-state index contributed by atoms with van der Waals surface area (Å²) in [6.07, 6.45) is 0. The number of halogens is 1. The number of carboxylic acids is 1. The second kappa shape index (κ2) is 5.18. The Hall–Kier alpha value is -1.88. The number of aromatic carboxylic acids is 1. The smallest absolute Gasteiger partial charge is 0.335 e. The molecule has 2 N–H and O–H groups in total. The molecule has 0 unspecified atom stereocenters. The molecule has 0 aliphatic heterocycles. The number of benzene rings is 1. The molecule has 1 heterocycles. The molecule has 2 aromatic rings. The minimum absolute atomic E-state index is 0.0509. The second-order valence-corrected chi connectivity index (χ2v) is 5.24. The molecule has 0 bridgehead atoms. The maximum absolute atomic E-state index is 13.6. The van der Waals surface area contributed by atoms with Crippen molar-refractivity contribution in [1.82, 2.24) is 0 Å². The number of hydrogen-bond donors (Lipinski definition) is 2. The Morgan fingerprint density at radius 1 is 1.39 bits per heavy atom. The molecule has 0 spiro atoms. The number of carboxylic acid groups (broad SMARTS) is 1. The lowest BCUT2D eigenvalue weighted by Gasteiger charge is -2.06. The topological polar surface area (TPSA) is 49.3 Å². The molecule has 1 aromatic heterocycles. The molecule has 0 aliphatic rings. The Morgan fingerprint density at radius 2 is 2.17 bits per heavy atom. The van der Waals surface area contributed by atoms with Crippen molar-refractivity contribution in [2.75, 3.05) is 5.32 Å². The summed E-state index contributed by atoms with van der Waals surface area (Å²) in [6, 6.07) is 7.83. The number of anilines is 1. The third-order valence-electron chi connectivity index (χ3n) is 2.47. The number of aryl methyl sites for hydroxylation is 1. The average molecular weight is 265 g/mol. The molecule has 0 radical (unpaired) electrons. The summed E-state index contributed by atoms with van der Waals surface area (Å²) in [5, 5.41) is 11.7. The molecular formula is C13H12FNO2S. The molecular weight excluding hydrogens is 253 g/mol. The predicted molar refractivity (Wildman–Crippen MR) is 69.7 cm³/mol. The van der Waals surface area contributed by atoms with E-state index in [4.69, 9.17) is 5.11 Å². The van der Waals surface area contributed by atoms with E-state index in [1.54, 1.807) is 11.3 Å². The van der Waals surface area contributed by atoms with Gasteiger partial charge < -0.3 is 10.4 Å². The van der Waals surface area contributed by atoms with Gasteiger partial charge in [-0.1, -0.05) is 0 Å². The quantitative estimate of drug-likeness (QED) is 0.889. The van der Waals surface area contributed by atoms with E-state index in [1.807, 2.05) is 19.1 Å². The van der Waals surface area contributed by atoms with E-state index in [1.165, 1.54) is 17.0 Å². The first-order valence-corrected chi connectivity index (χ1v) is 6.20. The molecule has 5 heteroatoms. The molecule has 0 amide bonds. The maximum atomic E-state index is 13.6. The van der Waals surface area contributed by atoms with Crippen LogP contribution in [-0.2, 0) is 6.54 Å². The summed E-state index contributed by atoms with van der Waals surface area (Å²) < 4.78 is 13.6. The van der Waals surface area contributed by atoms with E-state index in [2.05, 4.69) is 5.32 Å². The lowest BCUT2D eigenvalue weighted by atomic mass is 10.2. The molecule has 0 saturated carbocycles. The van der Waals surface area contributed by atoms with Crippen molar-refractivity contribution in [2.45, 2.75) is 13.5 Å². The van der Waals surface area contributed by atoms with Crippen LogP contribution in [0.2, 0.25) is 0 Å². The van der Waals surface area contributed by atoms with E-state index in [0.29, 0.717) is 12.2 Å². The van der Waals surface area contributed by atoms with E-state index < -0.39 is 11.8 Å². The highest BCUT2D eigenvalue weighted by Crippen LogP contribution is 2.19. The van der Waals surface area contributed by atoms with Crippen molar-refractivity contribution in [3.8, 4) is 0 Å². The first-order chi connectivity index (χ1) is 8.56. The summed E-state index contributed by atoms with van der Waals surface area (Å²) in [5.74, 6) is -1.68. The van der Waals surface area contributed by atoms with Gasteiger partial charge in [-0.15, -0.1) is 11.3 Å². The fourth-order valence-electron chi connectivity index (χ4n) is 1.55. The van der Waals surface area contributed by atoms with E-state index in [-0.39, 0.29) is 5.56 Å². The maximum Gasteiger partial charge on any atom is 0.335 e. The molecule has 3 nitrogen and oxygen atoms in total. The van der Waals surface area contributed by atoms with Gasteiger partial charge in [-0.3, -0.25) is 0 Å². The van der Waals surface area contributed by atoms with Crippen LogP contribution in [0.4, 0.5) is 10.1 Å². The van der Waals surface area contributed by atoms with E-state index in [9.17, 15) is 9.18 Å². The summed E-state index contributed by atoms with van der Waals surface area (Å²) in [7, 11) is 0. The van der Waals surface area contributed by atoms with Crippen LogP contribution in [0.25, 0.3) is 0 Å². The molecule has 2 rings (SSSR count). The highest BCUT2D eigenvalue weighted by atomic mass is 32.1. The van der Waals surface area contributed by atoms with Crippen molar-refractivity contribution >= 4 is 23.0 Å². The minimum atomic E-state index is -1.13. The molecule has 0 aliphatic carbocycles. The van der Waals surface area contributed by atoms with Crippen molar-refractivity contribution in [3.05, 3.63) is 51.5 Å². The van der Waals surface area contributed by atoms with Gasteiger partial charge in [-0.2, -0.15) is 0 Å². The SMILES string of the molecule is Cc1ccc(CNc2ccc(C(=O)O)cc2F)s1. The number of hydrogen-bond acceptors (Lipinski definition) is 3. The number of thiophene rings is 1. The van der Waals surface area contributed by atoms with Gasteiger partial charge in [0.1, 0.15) is 5.82 Å². The summed E-state index contributed by atoms with van der Waals surface area (Å²) in [6.45, 7) is 2.54. The van der Waals surface area contributed by atoms with Crippen LogP contribution in [0.5, 0.6) is 0 Å². The molecule has 1 aromatic carbocycles. The zero-order valence-electron chi connectivity index (χ0n) is 9.74. The summed E-state index contributed by atoms with van der Waals surface area (Å²) >= 11 is 1.64. The minimum Gasteiger partial charge on any atom is -0.478 e. The highest BCUT2D eigenvalue weighted by molar-refractivity contribution is 7.11. The molecule has 0 fully saturated rings. The fourth-order valence-corrected chi connectivity index (χ4v) is 2.38. The standard InChI is InChI=1S/C13H12FNO2S/c1-8-2-4-10(18-8)7-15-12-5-3-9(13(16)17)6-11(12)14/h2-6,15H,7H2,1H3,(H,16,17). The van der Waals surface area contributed by atoms with Gasteiger partial charge in [0, 0.05) is 16.3 Å². The molecule has 18 heavy (non-hydrogen) atoms. The average Bonchev–Trinajstić information content (AvgIpc) is 2.73. The van der Waals surface area contributed by atoms with Gasteiger partial charge in [-0.25, -0.2) is 9.18 Å². The lowest BCUT2D eigenvalue weighted by molar-refractivity contribution is 0.0696. The molecule has 94 valence electrons. The second-order valence-electron chi connectivity index (χ2n) is 3.87. The van der Waals surface area contributed by atoms with Crippen molar-refractivity contribution in [3.63, 3.8) is 0 Å². The zero-order chi connectivity index (χ0) is 13.1. The highest BCUT2D eigenvalue weighted by Gasteiger charge is 2.08.